The minimum absolute atomic E-state index is 0. The first-order valence-electron chi connectivity index (χ1n) is 28.9. The van der Waals surface area contributed by atoms with Gasteiger partial charge in [-0.1, -0.05) is 250 Å². The maximum atomic E-state index is 10.2. The number of hydrogen-bond acceptors (Lipinski definition) is 6. The number of carbonyl (C=O) groups excluding carboxylic acids is 3. The molecule has 0 spiro atoms. The van der Waals surface area contributed by atoms with E-state index in [2.05, 4.69) is 57.2 Å². The number of rotatable bonds is 51. The van der Waals surface area contributed by atoms with Crippen molar-refractivity contribution in [2.45, 2.75) is 329 Å². The maximum absolute atomic E-state index is 10.2. The molecule has 0 saturated carbocycles. The Morgan fingerprint density at radius 1 is 0.239 bits per heavy atom. The van der Waals surface area contributed by atoms with E-state index in [0.717, 1.165) is 38.5 Å². The van der Waals surface area contributed by atoms with Crippen molar-refractivity contribution < 1.29 is 67.0 Å². The van der Waals surface area contributed by atoms with Crippen LogP contribution >= 0.6 is 0 Å². The molecular formula is C60H111ErO6. The van der Waals surface area contributed by atoms with Gasteiger partial charge in [-0.2, -0.15) is 0 Å². The number of hydrogen-bond donors (Lipinski definition) is 0. The maximum Gasteiger partial charge on any atom is 3.00 e. The fourth-order valence-electron chi connectivity index (χ4n) is 8.08. The fourth-order valence-corrected chi connectivity index (χ4v) is 8.08. The van der Waals surface area contributed by atoms with E-state index in [0.29, 0.717) is 0 Å². The molecule has 399 valence electrons. The molecule has 0 unspecified atom stereocenters. The minimum Gasteiger partial charge on any atom is -0.550 e. The molecule has 0 saturated heterocycles. The van der Waals surface area contributed by atoms with Crippen LogP contribution in [0.3, 0.4) is 0 Å². The second-order valence-corrected chi connectivity index (χ2v) is 19.2. The Kier molecular flexibility index (Phi) is 74.7. The summed E-state index contributed by atoms with van der Waals surface area (Å²) in [5.74, 6) is -2.73. The van der Waals surface area contributed by atoms with Gasteiger partial charge in [-0.3, -0.25) is 0 Å². The van der Waals surface area contributed by atoms with Gasteiger partial charge in [0.1, 0.15) is 0 Å². The van der Waals surface area contributed by atoms with E-state index >= 15 is 0 Å². The Balaban J connectivity index is -0.000000441. The van der Waals surface area contributed by atoms with Gasteiger partial charge in [-0.05, 0) is 116 Å². The molecule has 0 heterocycles. The summed E-state index contributed by atoms with van der Waals surface area (Å²) < 4.78 is 0. The first-order chi connectivity index (χ1) is 32.3. The molecule has 0 aromatic heterocycles. The van der Waals surface area contributed by atoms with E-state index in [-0.39, 0.29) is 56.6 Å². The first-order valence-corrected chi connectivity index (χ1v) is 28.9. The summed E-state index contributed by atoms with van der Waals surface area (Å²) in [6.45, 7) is 6.79. The predicted octanol–water partition coefficient (Wildman–Crippen LogP) is 16.7. The normalized spacial score (nSPS) is 11.1. The molecule has 0 N–H and O–H groups in total. The smallest absolute Gasteiger partial charge is 0.550 e. The summed E-state index contributed by atoms with van der Waals surface area (Å²) in [4.78, 5) is 30.7. The first kappa shape index (κ1) is 72.4. The molecule has 0 fully saturated rings. The summed E-state index contributed by atoms with van der Waals surface area (Å²) in [5.41, 5.74) is 0. The molecule has 0 bridgehead atoms. The van der Waals surface area contributed by atoms with Crippen LogP contribution in [0.2, 0.25) is 0 Å². The van der Waals surface area contributed by atoms with Gasteiger partial charge in [0.05, 0.1) is 0 Å². The average molecular weight is 1100 g/mol. The topological polar surface area (TPSA) is 120 Å². The van der Waals surface area contributed by atoms with Gasteiger partial charge in [0.25, 0.3) is 0 Å². The fraction of sp³-hybridized carbons (Fsp3) is 0.850. The Labute approximate surface area is 447 Å². The molecule has 0 atom stereocenters. The predicted molar refractivity (Wildman–Crippen MR) is 281 cm³/mol. The molecule has 0 aliphatic carbocycles. The van der Waals surface area contributed by atoms with Crippen LogP contribution in [0.5, 0.6) is 0 Å². The van der Waals surface area contributed by atoms with Crippen molar-refractivity contribution in [3.63, 3.8) is 0 Å². The van der Waals surface area contributed by atoms with Gasteiger partial charge in [0.2, 0.25) is 0 Å². The molecule has 0 amide bonds. The van der Waals surface area contributed by atoms with Crippen molar-refractivity contribution in [3.8, 4) is 0 Å². The van der Waals surface area contributed by atoms with Crippen molar-refractivity contribution in [1.82, 2.24) is 0 Å². The van der Waals surface area contributed by atoms with Gasteiger partial charge in [-0.25, -0.2) is 0 Å². The van der Waals surface area contributed by atoms with Crippen molar-refractivity contribution >= 4 is 17.9 Å². The Morgan fingerprint density at radius 3 is 0.522 bits per heavy atom. The van der Waals surface area contributed by atoms with E-state index < -0.39 is 17.9 Å². The van der Waals surface area contributed by atoms with Crippen LogP contribution in [0.4, 0.5) is 0 Å². The minimum atomic E-state index is -0.909. The molecule has 0 aromatic rings. The standard InChI is InChI=1S/3C20H38O2.Er/c3*1-2-3-4-5-6-7-8-9-10-11-12-13-14-15-16-17-18-19-20(21)22;/h3*9-10H,2-8,11-19H2,1H3,(H,21,22);/q;;;+3/p-3/b3*10-9-;. The van der Waals surface area contributed by atoms with Gasteiger partial charge in [0.15, 0.2) is 0 Å². The third-order valence-electron chi connectivity index (χ3n) is 12.4. The number of allylic oxidation sites excluding steroid dienone is 6. The zero-order valence-electron chi connectivity index (χ0n) is 44.6. The third-order valence-corrected chi connectivity index (χ3v) is 12.4. The third kappa shape index (κ3) is 82.1. The summed E-state index contributed by atoms with van der Waals surface area (Å²) >= 11 is 0. The van der Waals surface area contributed by atoms with Gasteiger partial charge in [-0.15, -0.1) is 0 Å². The van der Waals surface area contributed by atoms with Crippen molar-refractivity contribution in [3.05, 3.63) is 36.5 Å². The summed E-state index contributed by atoms with van der Waals surface area (Å²) in [7, 11) is 0. The summed E-state index contributed by atoms with van der Waals surface area (Å²) in [6, 6.07) is 0. The monoisotopic (exact) mass is 1090 g/mol. The number of unbranched alkanes of at least 4 members (excludes halogenated alkanes) is 39. The van der Waals surface area contributed by atoms with Gasteiger partial charge in [0, 0.05) is 17.9 Å². The Hall–Kier alpha value is -1.12. The quantitative estimate of drug-likeness (QED) is 0.0442. The molecule has 1 radical (unpaired) electrons. The van der Waals surface area contributed by atoms with E-state index in [4.69, 9.17) is 0 Å². The molecular weight excluding hydrogens is 984 g/mol. The van der Waals surface area contributed by atoms with E-state index in [1.165, 1.54) is 250 Å². The van der Waals surface area contributed by atoms with E-state index in [1.807, 2.05) is 0 Å². The number of carboxylic acids is 3. The van der Waals surface area contributed by atoms with Crippen molar-refractivity contribution in [2.24, 2.45) is 0 Å². The van der Waals surface area contributed by atoms with Crippen LogP contribution in [0.15, 0.2) is 36.5 Å². The average Bonchev–Trinajstić information content (AvgIpc) is 3.29. The largest absolute Gasteiger partial charge is 3.00 e. The molecule has 6 nitrogen and oxygen atoms in total. The molecule has 7 heteroatoms. The zero-order valence-corrected chi connectivity index (χ0v) is 46.5. The Bertz CT molecular complexity index is 911. The van der Waals surface area contributed by atoms with E-state index in [9.17, 15) is 29.7 Å². The van der Waals surface area contributed by atoms with Crippen LogP contribution in [0.25, 0.3) is 0 Å². The van der Waals surface area contributed by atoms with Gasteiger partial charge < -0.3 is 29.7 Å². The summed E-state index contributed by atoms with van der Waals surface area (Å²) in [6.07, 6.45) is 71.5. The summed E-state index contributed by atoms with van der Waals surface area (Å²) in [5, 5.41) is 30.7. The number of carboxylic acid groups (broad SMARTS) is 3. The molecule has 0 aliphatic heterocycles. The second-order valence-electron chi connectivity index (χ2n) is 19.2. The SMILES string of the molecule is CCCCCCCC/C=C\CCCCCCCCCC(=O)[O-].CCCCCCCC/C=C\CCCCCCCCCC(=O)[O-].CCCCCCCC/C=C\CCCCCCCCCC(=O)[O-].[Er+3]. The molecule has 0 rings (SSSR count). The van der Waals surface area contributed by atoms with Crippen LogP contribution in [-0.4, -0.2) is 17.9 Å². The molecule has 0 aromatic carbocycles. The number of carbonyl (C=O) groups is 3. The molecule has 67 heavy (non-hydrogen) atoms. The van der Waals surface area contributed by atoms with E-state index in [1.54, 1.807) is 0 Å². The second kappa shape index (κ2) is 69.1. The Morgan fingerprint density at radius 2 is 0.373 bits per heavy atom. The van der Waals surface area contributed by atoms with Crippen LogP contribution in [-0.2, 0) is 14.4 Å². The van der Waals surface area contributed by atoms with Crippen LogP contribution in [0, 0.1) is 37.3 Å². The van der Waals surface area contributed by atoms with Crippen molar-refractivity contribution in [1.29, 1.82) is 0 Å². The van der Waals surface area contributed by atoms with Gasteiger partial charge >= 0.3 is 37.3 Å². The number of aliphatic carboxylic acids is 3. The molecule has 0 aliphatic rings. The van der Waals surface area contributed by atoms with Crippen LogP contribution < -0.4 is 15.3 Å². The zero-order chi connectivity index (χ0) is 48.9. The van der Waals surface area contributed by atoms with Crippen molar-refractivity contribution in [2.75, 3.05) is 0 Å². The van der Waals surface area contributed by atoms with Crippen LogP contribution in [0.1, 0.15) is 329 Å².